The van der Waals surface area contributed by atoms with E-state index in [1.165, 1.54) is 0 Å². The van der Waals surface area contributed by atoms with Crippen LogP contribution in [-0.4, -0.2) is 28.1 Å². The van der Waals surface area contributed by atoms with Crippen LogP contribution >= 0.6 is 0 Å². The van der Waals surface area contributed by atoms with Gasteiger partial charge in [0, 0.05) is 11.9 Å². The summed E-state index contributed by atoms with van der Waals surface area (Å²) < 4.78 is 0. The van der Waals surface area contributed by atoms with E-state index in [1.54, 1.807) is 11.1 Å². The Labute approximate surface area is 75.5 Å². The van der Waals surface area contributed by atoms with Crippen molar-refractivity contribution in [2.45, 2.75) is 13.0 Å². The number of carbonyl (C=O) groups excluding carboxylic acids is 2. The van der Waals surface area contributed by atoms with Crippen LogP contribution in [0.15, 0.2) is 18.3 Å². The third kappa shape index (κ3) is 1.61. The Hall–Kier alpha value is -1.58. The SMILES string of the molecule is O=C1CC(=O)N(Cc2ccc[nH]2)C1. The van der Waals surface area contributed by atoms with Crippen LogP contribution in [0.3, 0.4) is 0 Å². The molecule has 0 unspecified atom stereocenters. The molecule has 13 heavy (non-hydrogen) atoms. The number of aromatic nitrogens is 1. The summed E-state index contributed by atoms with van der Waals surface area (Å²) in [7, 11) is 0. The molecule has 1 aliphatic heterocycles. The highest BCUT2D eigenvalue weighted by Gasteiger charge is 2.27. The molecule has 1 fully saturated rings. The number of nitrogens with zero attached hydrogens (tertiary/aromatic N) is 1. The molecule has 1 aromatic heterocycles. The lowest BCUT2D eigenvalue weighted by molar-refractivity contribution is -0.128. The van der Waals surface area contributed by atoms with Crippen molar-refractivity contribution in [3.05, 3.63) is 24.0 Å². The second-order valence-corrected chi connectivity index (χ2v) is 3.16. The topological polar surface area (TPSA) is 53.2 Å². The largest absolute Gasteiger partial charge is 0.364 e. The number of carbonyl (C=O) groups is 2. The molecular weight excluding hydrogens is 168 g/mol. The van der Waals surface area contributed by atoms with Crippen LogP contribution in [-0.2, 0) is 16.1 Å². The van der Waals surface area contributed by atoms with Crippen molar-refractivity contribution in [3.63, 3.8) is 0 Å². The number of rotatable bonds is 2. The molecule has 1 N–H and O–H groups in total. The van der Waals surface area contributed by atoms with Crippen molar-refractivity contribution in [3.8, 4) is 0 Å². The summed E-state index contributed by atoms with van der Waals surface area (Å²) >= 11 is 0. The van der Waals surface area contributed by atoms with Crippen LogP contribution in [0.2, 0.25) is 0 Å². The summed E-state index contributed by atoms with van der Waals surface area (Å²) in [6, 6.07) is 3.77. The lowest BCUT2D eigenvalue weighted by Gasteiger charge is -2.12. The number of ketones is 1. The van der Waals surface area contributed by atoms with E-state index in [1.807, 2.05) is 12.1 Å². The number of Topliss-reactive ketones (excluding diaryl/α,β-unsaturated/α-hetero) is 1. The number of likely N-dealkylation sites (tertiary alicyclic amines) is 1. The maximum absolute atomic E-state index is 11.2. The third-order valence-electron chi connectivity index (χ3n) is 2.09. The molecule has 2 heterocycles. The second-order valence-electron chi connectivity index (χ2n) is 3.16. The molecule has 1 amide bonds. The number of hydrogen-bond acceptors (Lipinski definition) is 2. The van der Waals surface area contributed by atoms with Crippen molar-refractivity contribution >= 4 is 11.7 Å². The Morgan fingerprint density at radius 3 is 2.85 bits per heavy atom. The molecule has 0 aromatic carbocycles. The molecule has 4 nitrogen and oxygen atoms in total. The van der Waals surface area contributed by atoms with Gasteiger partial charge in [0.2, 0.25) is 5.91 Å². The van der Waals surface area contributed by atoms with Gasteiger partial charge in [-0.2, -0.15) is 0 Å². The molecular formula is C9H10N2O2. The third-order valence-corrected chi connectivity index (χ3v) is 2.09. The first-order valence-electron chi connectivity index (χ1n) is 4.17. The van der Waals surface area contributed by atoms with Gasteiger partial charge < -0.3 is 9.88 Å². The quantitative estimate of drug-likeness (QED) is 0.663. The molecule has 0 spiro atoms. The minimum atomic E-state index is -0.0698. The van der Waals surface area contributed by atoms with Gasteiger partial charge in [0.1, 0.15) is 0 Å². The van der Waals surface area contributed by atoms with Crippen LogP contribution in [0.4, 0.5) is 0 Å². The predicted molar refractivity (Wildman–Crippen MR) is 45.8 cm³/mol. The van der Waals surface area contributed by atoms with Gasteiger partial charge in [-0.1, -0.05) is 0 Å². The summed E-state index contributed by atoms with van der Waals surface area (Å²) in [5, 5.41) is 0. The zero-order valence-electron chi connectivity index (χ0n) is 7.12. The Morgan fingerprint density at radius 1 is 1.46 bits per heavy atom. The standard InChI is InChI=1S/C9H10N2O2/c12-8-4-9(13)11(6-8)5-7-2-1-3-10-7/h1-3,10H,4-6H2. The Balaban J connectivity index is 2.03. The number of aromatic amines is 1. The van der Waals surface area contributed by atoms with Gasteiger partial charge in [0.15, 0.2) is 5.78 Å². The van der Waals surface area contributed by atoms with E-state index in [4.69, 9.17) is 0 Å². The summed E-state index contributed by atoms with van der Waals surface area (Å²) in [4.78, 5) is 26.7. The fraction of sp³-hybridized carbons (Fsp3) is 0.333. The molecule has 2 rings (SSSR count). The van der Waals surface area contributed by atoms with Crippen molar-refractivity contribution in [1.82, 2.24) is 9.88 Å². The van der Waals surface area contributed by atoms with Gasteiger partial charge in [0.25, 0.3) is 0 Å². The monoisotopic (exact) mass is 178 g/mol. The molecule has 68 valence electrons. The molecule has 0 bridgehead atoms. The molecule has 0 saturated carbocycles. The van der Waals surface area contributed by atoms with Crippen molar-refractivity contribution in [2.75, 3.05) is 6.54 Å². The van der Waals surface area contributed by atoms with E-state index in [-0.39, 0.29) is 24.7 Å². The first kappa shape index (κ1) is 8.04. The average molecular weight is 178 g/mol. The van der Waals surface area contributed by atoms with Gasteiger partial charge in [-0.15, -0.1) is 0 Å². The summed E-state index contributed by atoms with van der Waals surface area (Å²) in [6.45, 7) is 0.773. The van der Waals surface area contributed by atoms with E-state index in [0.29, 0.717) is 6.54 Å². The van der Waals surface area contributed by atoms with Crippen LogP contribution < -0.4 is 0 Å². The minimum Gasteiger partial charge on any atom is -0.364 e. The van der Waals surface area contributed by atoms with Gasteiger partial charge in [-0.3, -0.25) is 9.59 Å². The van der Waals surface area contributed by atoms with E-state index in [0.717, 1.165) is 5.69 Å². The van der Waals surface area contributed by atoms with Crippen molar-refractivity contribution in [1.29, 1.82) is 0 Å². The number of nitrogens with one attached hydrogen (secondary N) is 1. The summed E-state index contributed by atoms with van der Waals surface area (Å²) in [5.74, 6) is -0.0591. The Bertz CT molecular complexity index is 329. The normalized spacial score (nSPS) is 17.1. The number of amides is 1. The predicted octanol–water partition coefficient (Wildman–Crippen LogP) is 0.316. The smallest absolute Gasteiger partial charge is 0.230 e. The van der Waals surface area contributed by atoms with E-state index in [9.17, 15) is 9.59 Å². The Kier molecular flexibility index (Phi) is 1.88. The average Bonchev–Trinajstić information content (AvgIpc) is 2.63. The molecule has 0 aliphatic carbocycles. The maximum atomic E-state index is 11.2. The highest BCUT2D eigenvalue weighted by atomic mass is 16.2. The van der Waals surface area contributed by atoms with Crippen LogP contribution in [0.25, 0.3) is 0 Å². The molecule has 0 radical (unpaired) electrons. The molecule has 0 atom stereocenters. The molecule has 1 aromatic rings. The first-order chi connectivity index (χ1) is 6.25. The van der Waals surface area contributed by atoms with Crippen molar-refractivity contribution < 1.29 is 9.59 Å². The zero-order chi connectivity index (χ0) is 9.26. The van der Waals surface area contributed by atoms with E-state index in [2.05, 4.69) is 4.98 Å². The van der Waals surface area contributed by atoms with Gasteiger partial charge in [-0.25, -0.2) is 0 Å². The molecule has 4 heteroatoms. The molecule has 1 aliphatic rings. The van der Waals surface area contributed by atoms with Gasteiger partial charge in [-0.05, 0) is 12.1 Å². The lowest BCUT2D eigenvalue weighted by Crippen LogP contribution is -2.24. The lowest BCUT2D eigenvalue weighted by atomic mass is 10.3. The van der Waals surface area contributed by atoms with Crippen LogP contribution in [0, 0.1) is 0 Å². The zero-order valence-corrected chi connectivity index (χ0v) is 7.12. The molecule has 1 saturated heterocycles. The fourth-order valence-electron chi connectivity index (χ4n) is 1.45. The Morgan fingerprint density at radius 2 is 2.31 bits per heavy atom. The van der Waals surface area contributed by atoms with Gasteiger partial charge >= 0.3 is 0 Å². The summed E-state index contributed by atoms with van der Waals surface area (Å²) in [6.07, 6.45) is 1.87. The van der Waals surface area contributed by atoms with E-state index >= 15 is 0 Å². The fourth-order valence-corrected chi connectivity index (χ4v) is 1.45. The highest BCUT2D eigenvalue weighted by Crippen LogP contribution is 2.10. The highest BCUT2D eigenvalue weighted by molar-refractivity contribution is 6.05. The van der Waals surface area contributed by atoms with Crippen LogP contribution in [0.1, 0.15) is 12.1 Å². The van der Waals surface area contributed by atoms with Crippen LogP contribution in [0.5, 0.6) is 0 Å². The number of hydrogen-bond donors (Lipinski definition) is 1. The van der Waals surface area contributed by atoms with Gasteiger partial charge in [0.05, 0.1) is 19.5 Å². The summed E-state index contributed by atoms with van der Waals surface area (Å²) in [5.41, 5.74) is 0.961. The second kappa shape index (κ2) is 3.05. The van der Waals surface area contributed by atoms with Crippen molar-refractivity contribution in [2.24, 2.45) is 0 Å². The van der Waals surface area contributed by atoms with E-state index < -0.39 is 0 Å². The maximum Gasteiger partial charge on any atom is 0.230 e. The number of H-pyrrole nitrogens is 1. The first-order valence-corrected chi connectivity index (χ1v) is 4.17. The minimum absolute atomic E-state index is 0.0107.